The Morgan fingerprint density at radius 1 is 0.800 bits per heavy atom. The van der Waals surface area contributed by atoms with E-state index in [2.05, 4.69) is 36.4 Å². The van der Waals surface area contributed by atoms with Crippen molar-refractivity contribution in [1.29, 1.82) is 0 Å². The predicted octanol–water partition coefficient (Wildman–Crippen LogP) is 5.38. The molecule has 3 rings (SSSR count). The Balaban J connectivity index is 2.05. The van der Waals surface area contributed by atoms with Gasteiger partial charge in [-0.3, -0.25) is 4.79 Å². The molecule has 4 heteroatoms. The largest absolute Gasteiger partial charge is 0.459 e. The second-order valence-corrected chi connectivity index (χ2v) is 9.46. The Morgan fingerprint density at radius 3 is 1.50 bits per heavy atom. The third-order valence-electron chi connectivity index (χ3n) is 4.73. The van der Waals surface area contributed by atoms with E-state index in [-0.39, 0.29) is 5.97 Å². The second-order valence-electron chi connectivity index (χ2n) is 8.23. The summed E-state index contributed by atoms with van der Waals surface area (Å²) < 4.78 is 5.01. The van der Waals surface area contributed by atoms with E-state index in [0.717, 1.165) is 16.7 Å². The highest BCUT2D eigenvalue weighted by Gasteiger charge is 2.38. The van der Waals surface area contributed by atoms with Crippen molar-refractivity contribution in [3.05, 3.63) is 108 Å². The zero-order valence-corrected chi connectivity index (χ0v) is 18.6. The number of carbonyl (C=O) groups excluding carboxylic acids is 1. The minimum atomic E-state index is -0.718. The summed E-state index contributed by atoms with van der Waals surface area (Å²) in [7, 11) is 0. The number of carbonyl (C=O) groups is 1. The van der Waals surface area contributed by atoms with Crippen molar-refractivity contribution in [3.63, 3.8) is 0 Å². The first-order valence-corrected chi connectivity index (χ1v) is 11.1. The molecule has 0 aliphatic heterocycles. The summed E-state index contributed by atoms with van der Waals surface area (Å²) in [5.74, 6) is 0.0474. The lowest BCUT2D eigenvalue weighted by molar-refractivity contribution is -0.155. The van der Waals surface area contributed by atoms with E-state index >= 15 is 0 Å². The van der Waals surface area contributed by atoms with Crippen LogP contribution in [0.2, 0.25) is 0 Å². The van der Waals surface area contributed by atoms with Gasteiger partial charge in [0.2, 0.25) is 0 Å². The van der Waals surface area contributed by atoms with E-state index in [1.165, 1.54) is 0 Å². The lowest BCUT2D eigenvalue weighted by Gasteiger charge is -2.36. The monoisotopic (exact) mass is 419 g/mol. The van der Waals surface area contributed by atoms with Crippen LogP contribution in [-0.4, -0.2) is 23.4 Å². The Labute approximate surface area is 183 Å². The van der Waals surface area contributed by atoms with Crippen LogP contribution in [0.15, 0.2) is 91.0 Å². The van der Waals surface area contributed by atoms with Gasteiger partial charge in [0.1, 0.15) is 11.6 Å². The average molecular weight is 420 g/mol. The molecule has 0 spiro atoms. The standard InChI is InChI=1S/C26H29NO2S/c1-25(2,3)29-24(28)23(27)19-30-26(20-13-7-4-8-14-20,21-15-9-5-10-16-21)22-17-11-6-12-18-22/h4-18,23H,19,27H2,1-3H3/t23-/m0/s1. The number of ether oxygens (including phenoxy) is 1. The fraction of sp³-hybridized carbons (Fsp3) is 0.269. The van der Waals surface area contributed by atoms with Gasteiger partial charge < -0.3 is 10.5 Å². The third-order valence-corrected chi connectivity index (χ3v) is 6.40. The number of rotatable bonds is 7. The van der Waals surface area contributed by atoms with Crippen molar-refractivity contribution in [2.75, 3.05) is 5.75 Å². The molecular formula is C26H29NO2S. The summed E-state index contributed by atoms with van der Waals surface area (Å²) in [6.07, 6.45) is 0. The molecule has 0 fully saturated rings. The Hall–Kier alpha value is -2.56. The maximum Gasteiger partial charge on any atom is 0.324 e. The fourth-order valence-corrected chi connectivity index (χ4v) is 4.90. The number of nitrogens with two attached hydrogens (primary N) is 1. The normalized spacial score (nSPS) is 12.9. The van der Waals surface area contributed by atoms with Crippen molar-refractivity contribution in [2.24, 2.45) is 5.73 Å². The van der Waals surface area contributed by atoms with Gasteiger partial charge in [0.05, 0.1) is 4.75 Å². The predicted molar refractivity (Wildman–Crippen MR) is 125 cm³/mol. The van der Waals surface area contributed by atoms with Crippen molar-refractivity contribution in [2.45, 2.75) is 37.2 Å². The molecule has 0 unspecified atom stereocenters. The SMILES string of the molecule is CC(C)(C)OC(=O)[C@@H](N)CSC(c1ccccc1)(c1ccccc1)c1ccccc1. The second kappa shape index (κ2) is 9.50. The highest BCUT2D eigenvalue weighted by molar-refractivity contribution is 8.00. The van der Waals surface area contributed by atoms with E-state index in [1.807, 2.05) is 75.4 Å². The van der Waals surface area contributed by atoms with E-state index in [0.29, 0.717) is 5.75 Å². The van der Waals surface area contributed by atoms with E-state index in [4.69, 9.17) is 10.5 Å². The van der Waals surface area contributed by atoms with Gasteiger partial charge >= 0.3 is 5.97 Å². The first-order chi connectivity index (χ1) is 14.3. The van der Waals surface area contributed by atoms with Gasteiger partial charge in [-0.2, -0.15) is 0 Å². The van der Waals surface area contributed by atoms with Crippen molar-refractivity contribution in [3.8, 4) is 0 Å². The van der Waals surface area contributed by atoms with Crippen LogP contribution in [0.25, 0.3) is 0 Å². The van der Waals surface area contributed by atoms with Gasteiger partial charge in [-0.25, -0.2) is 0 Å². The molecule has 1 atom stereocenters. The summed E-state index contributed by atoms with van der Waals surface area (Å²) in [5.41, 5.74) is 9.14. The third kappa shape index (κ3) is 5.13. The van der Waals surface area contributed by atoms with Crippen LogP contribution in [0.5, 0.6) is 0 Å². The van der Waals surface area contributed by atoms with Crippen LogP contribution in [0.3, 0.4) is 0 Å². The topological polar surface area (TPSA) is 52.3 Å². The molecule has 0 radical (unpaired) electrons. The van der Waals surface area contributed by atoms with Crippen LogP contribution in [0.1, 0.15) is 37.5 Å². The molecule has 3 aromatic carbocycles. The molecular weight excluding hydrogens is 390 g/mol. The molecule has 0 aromatic heterocycles. The van der Waals surface area contributed by atoms with E-state index in [1.54, 1.807) is 11.8 Å². The minimum Gasteiger partial charge on any atom is -0.459 e. The first-order valence-electron chi connectivity index (χ1n) is 10.1. The maximum atomic E-state index is 12.5. The van der Waals surface area contributed by atoms with Gasteiger partial charge in [-0.05, 0) is 37.5 Å². The summed E-state index contributed by atoms with van der Waals surface area (Å²) in [5, 5.41) is 0. The Bertz CT molecular complexity index is 840. The van der Waals surface area contributed by atoms with Crippen molar-refractivity contribution >= 4 is 17.7 Å². The van der Waals surface area contributed by atoms with Gasteiger partial charge in [0, 0.05) is 5.75 Å². The quantitative estimate of drug-likeness (QED) is 0.413. The van der Waals surface area contributed by atoms with Crippen molar-refractivity contribution < 1.29 is 9.53 Å². The smallest absolute Gasteiger partial charge is 0.324 e. The molecule has 3 nitrogen and oxygen atoms in total. The number of hydrogen-bond acceptors (Lipinski definition) is 4. The molecule has 2 N–H and O–H groups in total. The Kier molecular flexibility index (Phi) is 7.01. The zero-order chi connectivity index (χ0) is 21.6. The van der Waals surface area contributed by atoms with Gasteiger partial charge in [0.15, 0.2) is 0 Å². The summed E-state index contributed by atoms with van der Waals surface area (Å²) in [6.45, 7) is 5.56. The maximum absolute atomic E-state index is 12.5. The van der Waals surface area contributed by atoms with E-state index < -0.39 is 16.4 Å². The van der Waals surface area contributed by atoms with Crippen LogP contribution in [0.4, 0.5) is 0 Å². The highest BCUT2D eigenvalue weighted by atomic mass is 32.2. The van der Waals surface area contributed by atoms with Crippen molar-refractivity contribution in [1.82, 2.24) is 0 Å². The van der Waals surface area contributed by atoms with Crippen LogP contribution in [0, 0.1) is 0 Å². The lowest BCUT2D eigenvalue weighted by Crippen LogP contribution is -2.40. The number of thioether (sulfide) groups is 1. The number of esters is 1. The minimum absolute atomic E-state index is 0.377. The van der Waals surface area contributed by atoms with Gasteiger partial charge in [0.25, 0.3) is 0 Å². The molecule has 3 aromatic rings. The lowest BCUT2D eigenvalue weighted by atomic mass is 9.84. The average Bonchev–Trinajstić information content (AvgIpc) is 2.75. The first kappa shape index (κ1) is 22.1. The molecule has 0 aliphatic rings. The molecule has 0 aliphatic carbocycles. The zero-order valence-electron chi connectivity index (χ0n) is 17.7. The number of benzene rings is 3. The molecule has 0 bridgehead atoms. The fourth-order valence-electron chi connectivity index (χ4n) is 3.43. The molecule has 0 heterocycles. The molecule has 30 heavy (non-hydrogen) atoms. The number of hydrogen-bond donors (Lipinski definition) is 1. The van der Waals surface area contributed by atoms with E-state index in [9.17, 15) is 4.79 Å². The van der Waals surface area contributed by atoms with Crippen LogP contribution >= 0.6 is 11.8 Å². The molecule has 0 saturated carbocycles. The highest BCUT2D eigenvalue weighted by Crippen LogP contribution is 2.48. The summed E-state index contributed by atoms with van der Waals surface area (Å²) in [4.78, 5) is 12.5. The summed E-state index contributed by atoms with van der Waals surface area (Å²) in [6, 6.07) is 30.4. The van der Waals surface area contributed by atoms with Gasteiger partial charge in [-0.1, -0.05) is 91.0 Å². The summed E-state index contributed by atoms with van der Waals surface area (Å²) >= 11 is 1.66. The van der Waals surface area contributed by atoms with Gasteiger partial charge in [-0.15, -0.1) is 11.8 Å². The molecule has 0 saturated heterocycles. The van der Waals surface area contributed by atoms with Crippen LogP contribution < -0.4 is 5.73 Å². The molecule has 0 amide bonds. The Morgan fingerprint density at radius 2 is 1.17 bits per heavy atom. The molecule has 156 valence electrons. The van der Waals surface area contributed by atoms with Crippen LogP contribution in [-0.2, 0) is 14.3 Å².